The van der Waals surface area contributed by atoms with Crippen LogP contribution in [-0.4, -0.2) is 69.1 Å². The SMILES string of the molecule is Cc1cc(Nc2nc(Nc3cc(C)c(C4CCN(C(=O)C5CCN(C)CC5)CC4)cc3F)ncc2I)n[nH]1. The predicted molar refractivity (Wildman–Crippen MR) is 155 cm³/mol. The van der Waals surface area contributed by atoms with Gasteiger partial charge in [-0.05, 0) is 111 Å². The summed E-state index contributed by atoms with van der Waals surface area (Å²) in [5.41, 5.74) is 3.30. The van der Waals surface area contributed by atoms with Crippen molar-refractivity contribution in [3.63, 3.8) is 0 Å². The average Bonchev–Trinajstić information content (AvgIpc) is 3.32. The van der Waals surface area contributed by atoms with Gasteiger partial charge in [0.05, 0.1) is 9.26 Å². The zero-order valence-corrected chi connectivity index (χ0v) is 24.2. The highest BCUT2D eigenvalue weighted by Gasteiger charge is 2.31. The Labute approximate surface area is 236 Å². The number of aromatic amines is 1. The highest BCUT2D eigenvalue weighted by atomic mass is 127. The number of rotatable bonds is 6. The van der Waals surface area contributed by atoms with Gasteiger partial charge in [0.1, 0.15) is 5.82 Å². The first kappa shape index (κ1) is 26.8. The molecule has 2 fully saturated rings. The molecule has 2 saturated heterocycles. The van der Waals surface area contributed by atoms with Gasteiger partial charge in [0.2, 0.25) is 11.9 Å². The number of aromatic nitrogens is 4. The number of piperidine rings is 2. The quantitative estimate of drug-likeness (QED) is 0.326. The number of benzene rings is 1. The lowest BCUT2D eigenvalue weighted by atomic mass is 9.85. The molecule has 1 amide bonds. The van der Waals surface area contributed by atoms with E-state index in [1.54, 1.807) is 12.3 Å². The lowest BCUT2D eigenvalue weighted by molar-refractivity contribution is -0.138. The second-order valence-electron chi connectivity index (χ2n) is 10.4. The molecular formula is C27H34FIN8O. The summed E-state index contributed by atoms with van der Waals surface area (Å²) in [5.74, 6) is 1.88. The second-order valence-corrected chi connectivity index (χ2v) is 11.6. The van der Waals surface area contributed by atoms with E-state index < -0.39 is 0 Å². The monoisotopic (exact) mass is 632 g/mol. The summed E-state index contributed by atoms with van der Waals surface area (Å²) < 4.78 is 16.1. The molecule has 1 aromatic carbocycles. The Morgan fingerprint density at radius 3 is 2.50 bits per heavy atom. The number of anilines is 4. The number of aryl methyl sites for hydroxylation is 2. The summed E-state index contributed by atoms with van der Waals surface area (Å²) in [6, 6.07) is 5.34. The molecule has 5 rings (SSSR count). The van der Waals surface area contributed by atoms with Crippen LogP contribution in [0.15, 0.2) is 24.4 Å². The molecule has 0 aliphatic carbocycles. The molecule has 9 nitrogen and oxygen atoms in total. The van der Waals surface area contributed by atoms with Gasteiger partial charge < -0.3 is 20.4 Å². The molecule has 0 saturated carbocycles. The maximum atomic E-state index is 15.3. The number of amides is 1. The number of carbonyl (C=O) groups is 1. The summed E-state index contributed by atoms with van der Waals surface area (Å²) in [6.45, 7) is 7.38. The van der Waals surface area contributed by atoms with Gasteiger partial charge >= 0.3 is 0 Å². The van der Waals surface area contributed by atoms with Gasteiger partial charge in [-0.15, -0.1) is 0 Å². The van der Waals surface area contributed by atoms with Crippen molar-refractivity contribution in [2.24, 2.45) is 5.92 Å². The molecule has 0 bridgehead atoms. The first-order valence-corrected chi connectivity index (χ1v) is 14.2. The van der Waals surface area contributed by atoms with Crippen molar-refractivity contribution in [3.8, 4) is 0 Å². The van der Waals surface area contributed by atoms with Crippen molar-refractivity contribution in [2.45, 2.75) is 45.4 Å². The van der Waals surface area contributed by atoms with Crippen LogP contribution in [0, 0.1) is 29.2 Å². The lowest BCUT2D eigenvalue weighted by Crippen LogP contribution is -2.44. The number of nitrogens with zero attached hydrogens (tertiary/aromatic N) is 5. The second kappa shape index (κ2) is 11.5. The predicted octanol–water partition coefficient (Wildman–Crippen LogP) is 5.10. The molecule has 2 aromatic heterocycles. The largest absolute Gasteiger partial charge is 0.342 e. The molecule has 0 unspecified atom stereocenters. The topological polar surface area (TPSA) is 102 Å². The Balaban J connectivity index is 1.23. The molecule has 0 spiro atoms. The molecule has 11 heteroatoms. The van der Waals surface area contributed by atoms with E-state index in [1.807, 2.05) is 30.9 Å². The van der Waals surface area contributed by atoms with Crippen molar-refractivity contribution < 1.29 is 9.18 Å². The third-order valence-electron chi connectivity index (χ3n) is 7.61. The van der Waals surface area contributed by atoms with Gasteiger partial charge in [-0.3, -0.25) is 9.89 Å². The fourth-order valence-corrected chi connectivity index (χ4v) is 5.79. The average molecular weight is 633 g/mol. The van der Waals surface area contributed by atoms with Crippen LogP contribution in [0.1, 0.15) is 48.4 Å². The van der Waals surface area contributed by atoms with E-state index in [0.717, 1.165) is 72.3 Å². The van der Waals surface area contributed by atoms with E-state index in [0.29, 0.717) is 29.2 Å². The highest BCUT2D eigenvalue weighted by Crippen LogP contribution is 2.34. The zero-order valence-electron chi connectivity index (χ0n) is 22.0. The van der Waals surface area contributed by atoms with Crippen LogP contribution in [-0.2, 0) is 4.79 Å². The highest BCUT2D eigenvalue weighted by molar-refractivity contribution is 14.1. The van der Waals surface area contributed by atoms with Crippen LogP contribution in [0.3, 0.4) is 0 Å². The van der Waals surface area contributed by atoms with E-state index in [9.17, 15) is 4.79 Å². The number of likely N-dealkylation sites (tertiary alicyclic amines) is 2. The van der Waals surface area contributed by atoms with Gasteiger partial charge in [-0.2, -0.15) is 10.1 Å². The van der Waals surface area contributed by atoms with Crippen molar-refractivity contribution in [1.29, 1.82) is 0 Å². The van der Waals surface area contributed by atoms with E-state index in [-0.39, 0.29) is 17.7 Å². The molecule has 2 aliphatic heterocycles. The van der Waals surface area contributed by atoms with Gasteiger partial charge in [0.25, 0.3) is 0 Å². The first-order valence-electron chi connectivity index (χ1n) is 13.1. The summed E-state index contributed by atoms with van der Waals surface area (Å²) in [7, 11) is 2.11. The van der Waals surface area contributed by atoms with Crippen molar-refractivity contribution in [1.82, 2.24) is 30.0 Å². The summed E-state index contributed by atoms with van der Waals surface area (Å²) in [6.07, 6.45) is 5.27. The van der Waals surface area contributed by atoms with Crippen LogP contribution in [0.2, 0.25) is 0 Å². The molecule has 3 aromatic rings. The molecular weight excluding hydrogens is 598 g/mol. The Bertz CT molecular complexity index is 1300. The standard InChI is InChI=1S/C27H34FIN8O/c1-16-12-23(31-27-30-15-22(29)25(33-27)32-24-13-17(2)34-35-24)21(28)14-20(16)18-6-10-37(11-7-18)26(38)19-4-8-36(3)9-5-19/h12-15,18-19H,4-11H2,1-3H3,(H3,30,31,32,33,34,35). The maximum Gasteiger partial charge on any atom is 0.229 e. The molecule has 4 heterocycles. The Kier molecular flexibility index (Phi) is 8.12. The van der Waals surface area contributed by atoms with Crippen LogP contribution < -0.4 is 10.6 Å². The summed E-state index contributed by atoms with van der Waals surface area (Å²) >= 11 is 2.15. The number of H-pyrrole nitrogens is 1. The molecule has 38 heavy (non-hydrogen) atoms. The minimum absolute atomic E-state index is 0.148. The zero-order chi connectivity index (χ0) is 26.8. The molecule has 202 valence electrons. The van der Waals surface area contributed by atoms with Crippen LogP contribution in [0.5, 0.6) is 0 Å². The van der Waals surface area contributed by atoms with Crippen LogP contribution in [0.25, 0.3) is 0 Å². The number of halogens is 2. The van der Waals surface area contributed by atoms with E-state index >= 15 is 4.39 Å². The smallest absolute Gasteiger partial charge is 0.229 e. The third kappa shape index (κ3) is 6.09. The van der Waals surface area contributed by atoms with Crippen molar-refractivity contribution in [3.05, 3.63) is 50.6 Å². The fourth-order valence-electron chi connectivity index (χ4n) is 5.40. The van der Waals surface area contributed by atoms with Crippen molar-refractivity contribution >= 4 is 51.8 Å². The summed E-state index contributed by atoms with van der Waals surface area (Å²) in [4.78, 5) is 26.2. The minimum Gasteiger partial charge on any atom is -0.342 e. The normalized spacial score (nSPS) is 17.6. The molecule has 0 radical (unpaired) electrons. The Hall–Kier alpha value is -2.80. The molecule has 3 N–H and O–H groups in total. The van der Waals surface area contributed by atoms with E-state index in [1.165, 1.54) is 0 Å². The minimum atomic E-state index is -0.338. The van der Waals surface area contributed by atoms with Gasteiger partial charge in [0.15, 0.2) is 11.6 Å². The first-order chi connectivity index (χ1) is 18.3. The van der Waals surface area contributed by atoms with Gasteiger partial charge in [0, 0.05) is 37.0 Å². The van der Waals surface area contributed by atoms with Crippen LogP contribution >= 0.6 is 22.6 Å². The van der Waals surface area contributed by atoms with Crippen LogP contribution in [0.4, 0.5) is 27.7 Å². The molecule has 0 atom stereocenters. The number of carbonyl (C=O) groups excluding carboxylic acids is 1. The van der Waals surface area contributed by atoms with Gasteiger partial charge in [-0.25, -0.2) is 9.37 Å². The Morgan fingerprint density at radius 1 is 1.08 bits per heavy atom. The Morgan fingerprint density at radius 2 is 1.82 bits per heavy atom. The fraction of sp³-hybridized carbons (Fsp3) is 0.481. The lowest BCUT2D eigenvalue weighted by Gasteiger charge is -2.37. The summed E-state index contributed by atoms with van der Waals surface area (Å²) in [5, 5.41) is 13.3. The number of hydrogen-bond donors (Lipinski definition) is 3. The third-order valence-corrected chi connectivity index (χ3v) is 8.40. The van der Waals surface area contributed by atoms with Crippen molar-refractivity contribution in [2.75, 3.05) is 43.9 Å². The van der Waals surface area contributed by atoms with E-state index in [4.69, 9.17) is 0 Å². The molecule has 2 aliphatic rings. The maximum absolute atomic E-state index is 15.3. The van der Waals surface area contributed by atoms with E-state index in [2.05, 4.69) is 65.3 Å². The van der Waals surface area contributed by atoms with Gasteiger partial charge in [-0.1, -0.05) is 0 Å². The number of nitrogens with one attached hydrogen (secondary N) is 3. The number of hydrogen-bond acceptors (Lipinski definition) is 7.